The molecule has 1 atom stereocenters. The van der Waals surface area contributed by atoms with E-state index in [0.29, 0.717) is 12.8 Å². The van der Waals surface area contributed by atoms with E-state index < -0.39 is 44.7 Å². The predicted octanol–water partition coefficient (Wildman–Crippen LogP) is 3.27. The summed E-state index contributed by atoms with van der Waals surface area (Å²) < 4.78 is 61.4. The van der Waals surface area contributed by atoms with Crippen LogP contribution < -0.4 is 10.0 Å². The van der Waals surface area contributed by atoms with Crippen LogP contribution in [0.1, 0.15) is 48.5 Å². The largest absolute Gasteiger partial charge is 0.460 e. The van der Waals surface area contributed by atoms with Gasteiger partial charge in [-0.1, -0.05) is 6.08 Å². The van der Waals surface area contributed by atoms with Gasteiger partial charge in [-0.15, -0.1) is 0 Å². The number of rotatable bonds is 7. The van der Waals surface area contributed by atoms with Gasteiger partial charge in [0.15, 0.2) is 11.6 Å². The average Bonchev–Trinajstić information content (AvgIpc) is 2.62. The van der Waals surface area contributed by atoms with Crippen molar-refractivity contribution in [3.8, 4) is 0 Å². The summed E-state index contributed by atoms with van der Waals surface area (Å²) in [5, 5.41) is 1.12. The minimum absolute atomic E-state index is 0. The van der Waals surface area contributed by atoms with Crippen LogP contribution in [-0.4, -0.2) is 31.6 Å². The van der Waals surface area contributed by atoms with E-state index in [1.807, 2.05) is 4.72 Å². The topological polar surface area (TPSA) is 102 Å². The summed E-state index contributed by atoms with van der Waals surface area (Å²) in [6.45, 7) is 4.42. The number of hydrogen-bond acceptors (Lipinski definition) is 5. The SMILES string of the molecule is CC(=O)NCc1cc(F)c(NS(=O)(=O)C2CCCC=C2C(=O)OC(C)C)c(F)c1.[HH].[HH]. The quantitative estimate of drug-likeness (QED) is 0.642. The molecule has 7 nitrogen and oxygen atoms in total. The van der Waals surface area contributed by atoms with Crippen molar-refractivity contribution in [1.82, 2.24) is 5.32 Å². The summed E-state index contributed by atoms with van der Waals surface area (Å²) in [5.41, 5.74) is -0.740. The number of benzene rings is 1. The Labute approximate surface area is 171 Å². The molecule has 0 saturated carbocycles. The van der Waals surface area contributed by atoms with Crippen LogP contribution in [0.2, 0.25) is 0 Å². The van der Waals surface area contributed by atoms with E-state index in [9.17, 15) is 26.8 Å². The summed E-state index contributed by atoms with van der Waals surface area (Å²) in [6, 6.07) is 1.86. The van der Waals surface area contributed by atoms with E-state index in [-0.39, 0.29) is 32.9 Å². The van der Waals surface area contributed by atoms with E-state index in [0.717, 1.165) is 12.1 Å². The van der Waals surface area contributed by atoms with Gasteiger partial charge in [-0.2, -0.15) is 0 Å². The Morgan fingerprint density at radius 1 is 1.28 bits per heavy atom. The standard InChI is InChI=1S/C19H24F2N2O5S.2H2/c1-11(2)28-19(25)14-6-4-5-7-17(14)29(26,27)23-18-15(20)8-13(9-16(18)21)10-22-12(3)24;;/h6,8-9,11,17,23H,4-5,7,10H2,1-3H3,(H,22,24);2*1H. The first-order chi connectivity index (χ1) is 13.5. The second-order valence-electron chi connectivity index (χ2n) is 7.02. The summed E-state index contributed by atoms with van der Waals surface area (Å²) in [4.78, 5) is 23.2. The Morgan fingerprint density at radius 2 is 1.90 bits per heavy atom. The van der Waals surface area contributed by atoms with E-state index >= 15 is 0 Å². The second-order valence-corrected chi connectivity index (χ2v) is 8.89. The number of esters is 1. The van der Waals surface area contributed by atoms with E-state index in [4.69, 9.17) is 4.74 Å². The molecule has 1 unspecified atom stereocenters. The van der Waals surface area contributed by atoms with Gasteiger partial charge in [-0.25, -0.2) is 22.0 Å². The number of halogens is 2. The van der Waals surface area contributed by atoms with Crippen molar-refractivity contribution in [1.29, 1.82) is 0 Å². The first-order valence-electron chi connectivity index (χ1n) is 9.16. The highest BCUT2D eigenvalue weighted by Gasteiger charge is 2.36. The number of carbonyl (C=O) groups excluding carboxylic acids is 2. The van der Waals surface area contributed by atoms with Gasteiger partial charge in [0.2, 0.25) is 15.9 Å². The van der Waals surface area contributed by atoms with Crippen LogP contribution in [0, 0.1) is 11.6 Å². The zero-order valence-electron chi connectivity index (χ0n) is 16.4. The van der Waals surface area contributed by atoms with Crippen molar-refractivity contribution in [2.24, 2.45) is 0 Å². The Kier molecular flexibility index (Phi) is 7.34. The highest BCUT2D eigenvalue weighted by atomic mass is 32.2. The van der Waals surface area contributed by atoms with E-state index in [2.05, 4.69) is 5.32 Å². The molecule has 0 aliphatic heterocycles. The number of allylic oxidation sites excluding steroid dienone is 1. The van der Waals surface area contributed by atoms with Gasteiger partial charge < -0.3 is 10.1 Å². The number of nitrogens with one attached hydrogen (secondary N) is 2. The molecule has 0 bridgehead atoms. The molecule has 0 spiro atoms. The maximum Gasteiger partial charge on any atom is 0.335 e. The van der Waals surface area contributed by atoms with Gasteiger partial charge in [0.05, 0.1) is 11.7 Å². The fourth-order valence-corrected chi connectivity index (χ4v) is 4.56. The molecule has 1 aromatic carbocycles. The maximum absolute atomic E-state index is 14.4. The Bertz CT molecular complexity index is 916. The number of ether oxygens (including phenoxy) is 1. The lowest BCUT2D eigenvalue weighted by molar-refractivity contribution is -0.142. The third-order valence-corrected chi connectivity index (χ3v) is 5.95. The lowest BCUT2D eigenvalue weighted by atomic mass is 9.99. The minimum Gasteiger partial charge on any atom is -0.460 e. The van der Waals surface area contributed by atoms with Crippen molar-refractivity contribution in [3.05, 3.63) is 41.0 Å². The molecule has 1 aromatic rings. The predicted molar refractivity (Wildman–Crippen MR) is 108 cm³/mol. The fraction of sp³-hybridized carbons (Fsp3) is 0.474. The Balaban J connectivity index is 0.00000450. The lowest BCUT2D eigenvalue weighted by Gasteiger charge is -2.24. The molecule has 1 amide bonds. The average molecular weight is 435 g/mol. The molecule has 0 aromatic heterocycles. The van der Waals surface area contributed by atoms with Gasteiger partial charge in [0, 0.05) is 16.3 Å². The second kappa shape index (κ2) is 9.34. The monoisotopic (exact) mass is 434 g/mol. The van der Waals surface area contributed by atoms with Gasteiger partial charge in [0.25, 0.3) is 0 Å². The van der Waals surface area contributed by atoms with Crippen molar-refractivity contribution in [3.63, 3.8) is 0 Å². The van der Waals surface area contributed by atoms with Crippen LogP contribution in [0.25, 0.3) is 0 Å². The van der Waals surface area contributed by atoms with Gasteiger partial charge >= 0.3 is 5.97 Å². The van der Waals surface area contributed by atoms with Crippen LogP contribution in [0.4, 0.5) is 14.5 Å². The molecule has 2 N–H and O–H groups in total. The van der Waals surface area contributed by atoms with Crippen LogP contribution in [0.5, 0.6) is 0 Å². The highest BCUT2D eigenvalue weighted by molar-refractivity contribution is 7.93. The number of amides is 1. The van der Waals surface area contributed by atoms with E-state index in [1.54, 1.807) is 13.8 Å². The normalized spacial score (nSPS) is 16.9. The lowest BCUT2D eigenvalue weighted by Crippen LogP contribution is -2.35. The minimum atomic E-state index is -4.32. The van der Waals surface area contributed by atoms with E-state index in [1.165, 1.54) is 13.0 Å². The molecule has 0 heterocycles. The molecule has 29 heavy (non-hydrogen) atoms. The zero-order valence-corrected chi connectivity index (χ0v) is 17.2. The molecule has 0 saturated heterocycles. The van der Waals surface area contributed by atoms with Crippen LogP contribution >= 0.6 is 0 Å². The molecule has 0 fully saturated rings. The van der Waals surface area contributed by atoms with Gasteiger partial charge in [-0.05, 0) is 50.8 Å². The van der Waals surface area contributed by atoms with Crippen molar-refractivity contribution in [2.45, 2.75) is 57.9 Å². The van der Waals surface area contributed by atoms with Gasteiger partial charge in [-0.3, -0.25) is 9.52 Å². The van der Waals surface area contributed by atoms with Crippen LogP contribution in [0.15, 0.2) is 23.8 Å². The summed E-state index contributed by atoms with van der Waals surface area (Å²) in [7, 11) is -4.32. The molecule has 164 valence electrons. The molecule has 0 radical (unpaired) electrons. The Morgan fingerprint density at radius 3 is 2.45 bits per heavy atom. The van der Waals surface area contributed by atoms with Crippen molar-refractivity contribution < 1.29 is 34.4 Å². The number of carbonyl (C=O) groups is 2. The maximum atomic E-state index is 14.4. The Hall–Kier alpha value is -2.49. The van der Waals surface area contributed by atoms with Crippen LogP contribution in [-0.2, 0) is 30.9 Å². The van der Waals surface area contributed by atoms with Crippen LogP contribution in [0.3, 0.4) is 0 Å². The molecule has 1 aliphatic carbocycles. The van der Waals surface area contributed by atoms with Gasteiger partial charge in [0.1, 0.15) is 10.9 Å². The van der Waals surface area contributed by atoms with Crippen molar-refractivity contribution in [2.75, 3.05) is 4.72 Å². The number of hydrogen-bond donors (Lipinski definition) is 2. The summed E-state index contributed by atoms with van der Waals surface area (Å²) in [5.74, 6) is -3.39. The first kappa shape index (κ1) is 22.8. The molecular formula is C19H28F2N2O5S. The van der Waals surface area contributed by atoms with Crippen molar-refractivity contribution >= 4 is 27.6 Å². The fourth-order valence-electron chi connectivity index (χ4n) is 2.93. The molecule has 2 rings (SSSR count). The molecule has 10 heteroatoms. The highest BCUT2D eigenvalue weighted by Crippen LogP contribution is 2.29. The number of anilines is 1. The first-order valence-corrected chi connectivity index (χ1v) is 10.7. The zero-order chi connectivity index (χ0) is 21.8. The summed E-state index contributed by atoms with van der Waals surface area (Å²) in [6.07, 6.45) is 2.19. The molecule has 1 aliphatic rings. The number of sulfonamides is 1. The third kappa shape index (κ3) is 5.99. The summed E-state index contributed by atoms with van der Waals surface area (Å²) >= 11 is 0. The third-order valence-electron chi connectivity index (χ3n) is 4.22. The smallest absolute Gasteiger partial charge is 0.335 e. The molecular weight excluding hydrogens is 406 g/mol.